The third kappa shape index (κ3) is 2.86. The van der Waals surface area contributed by atoms with E-state index in [9.17, 15) is 4.39 Å². The number of hydrogen-bond donors (Lipinski definition) is 0. The molecule has 0 fully saturated rings. The Morgan fingerprint density at radius 2 is 1.52 bits per heavy atom. The van der Waals surface area contributed by atoms with Gasteiger partial charge in [-0.05, 0) is 77.2 Å². The lowest BCUT2D eigenvalue weighted by atomic mass is 10.2. The second-order valence-corrected chi connectivity index (χ2v) is 7.36. The van der Waals surface area contributed by atoms with Gasteiger partial charge in [0.05, 0.1) is 16.7 Å². The van der Waals surface area contributed by atoms with Gasteiger partial charge in [-0.1, -0.05) is 18.2 Å². The smallest absolute Gasteiger partial charge is 0.199 e. The zero-order valence-corrected chi connectivity index (χ0v) is 16.1. The molecule has 0 unspecified atom stereocenters. The lowest BCUT2D eigenvalue weighted by molar-refractivity contribution is 0.628. The molecule has 0 atom stereocenters. The van der Waals surface area contributed by atoms with Crippen molar-refractivity contribution in [1.82, 2.24) is 19.5 Å². The third-order valence-corrected chi connectivity index (χ3v) is 5.01. The summed E-state index contributed by atoms with van der Waals surface area (Å²) in [6.45, 7) is 0. The first kappa shape index (κ1) is 16.3. The second-order valence-electron chi connectivity index (χ2n) is 6.12. The van der Waals surface area contributed by atoms with Crippen LogP contribution >= 0.6 is 22.6 Å². The van der Waals surface area contributed by atoms with Crippen molar-refractivity contribution in [2.45, 2.75) is 0 Å². The number of aromatic nitrogens is 4. The fourth-order valence-electron chi connectivity index (χ4n) is 3.11. The van der Waals surface area contributed by atoms with Crippen LogP contribution in [0.15, 0.2) is 72.8 Å². The van der Waals surface area contributed by atoms with E-state index in [0.717, 1.165) is 25.9 Å². The van der Waals surface area contributed by atoms with E-state index in [4.69, 9.17) is 9.97 Å². The van der Waals surface area contributed by atoms with Crippen LogP contribution in [0, 0.1) is 9.39 Å². The minimum Gasteiger partial charge on any atom is -0.275 e. The van der Waals surface area contributed by atoms with Gasteiger partial charge in [0.1, 0.15) is 11.6 Å². The first-order valence-corrected chi connectivity index (χ1v) is 9.44. The molecule has 0 bridgehead atoms. The van der Waals surface area contributed by atoms with Gasteiger partial charge in [0.25, 0.3) is 0 Å². The minimum atomic E-state index is -0.280. The number of para-hydroxylation sites is 2. The standard InChI is InChI=1S/C21H12FIN4/c22-14-10-8-13(9-11-14)20-26-19-21(25-18-7-2-1-6-17(18)24-19)27(20)16-5-3-4-15(23)12-16/h1-12H. The van der Waals surface area contributed by atoms with Gasteiger partial charge in [-0.25, -0.2) is 19.3 Å². The number of benzene rings is 3. The van der Waals surface area contributed by atoms with Crippen molar-refractivity contribution in [1.29, 1.82) is 0 Å². The highest BCUT2D eigenvalue weighted by Gasteiger charge is 2.17. The molecule has 27 heavy (non-hydrogen) atoms. The van der Waals surface area contributed by atoms with E-state index in [-0.39, 0.29) is 5.82 Å². The van der Waals surface area contributed by atoms with E-state index in [2.05, 4.69) is 33.6 Å². The fraction of sp³-hybridized carbons (Fsp3) is 0. The predicted molar refractivity (Wildman–Crippen MR) is 112 cm³/mol. The van der Waals surface area contributed by atoms with E-state index >= 15 is 0 Å². The summed E-state index contributed by atoms with van der Waals surface area (Å²) in [7, 11) is 0. The quantitative estimate of drug-likeness (QED) is 0.328. The Balaban J connectivity index is 1.88. The molecular weight excluding hydrogens is 454 g/mol. The van der Waals surface area contributed by atoms with E-state index in [1.807, 2.05) is 47.0 Å². The highest BCUT2D eigenvalue weighted by molar-refractivity contribution is 14.1. The molecule has 0 saturated heterocycles. The molecule has 2 heterocycles. The zero-order valence-electron chi connectivity index (χ0n) is 14.0. The molecule has 5 rings (SSSR count). The van der Waals surface area contributed by atoms with E-state index < -0.39 is 0 Å². The van der Waals surface area contributed by atoms with Gasteiger partial charge in [-0.15, -0.1) is 0 Å². The topological polar surface area (TPSA) is 43.6 Å². The number of nitrogens with zero attached hydrogens (tertiary/aromatic N) is 4. The molecule has 0 radical (unpaired) electrons. The molecule has 0 amide bonds. The van der Waals surface area contributed by atoms with E-state index in [1.54, 1.807) is 12.1 Å². The van der Waals surface area contributed by atoms with Crippen LogP contribution in [0.3, 0.4) is 0 Å². The van der Waals surface area contributed by atoms with Crippen LogP contribution in [0.1, 0.15) is 0 Å². The summed E-state index contributed by atoms with van der Waals surface area (Å²) >= 11 is 2.28. The van der Waals surface area contributed by atoms with Crippen molar-refractivity contribution in [3.05, 3.63) is 82.2 Å². The third-order valence-electron chi connectivity index (χ3n) is 4.34. The van der Waals surface area contributed by atoms with Gasteiger partial charge in [0.15, 0.2) is 11.3 Å². The summed E-state index contributed by atoms with van der Waals surface area (Å²) in [6.07, 6.45) is 0. The molecule has 5 aromatic rings. The number of rotatable bonds is 2. The zero-order chi connectivity index (χ0) is 18.4. The average molecular weight is 466 g/mol. The Hall–Kier alpha value is -2.87. The molecule has 4 nitrogen and oxygen atoms in total. The van der Waals surface area contributed by atoms with Gasteiger partial charge in [0.2, 0.25) is 0 Å². The summed E-state index contributed by atoms with van der Waals surface area (Å²) < 4.78 is 16.5. The van der Waals surface area contributed by atoms with Crippen LogP contribution in [0.25, 0.3) is 39.4 Å². The molecule has 0 spiro atoms. The first-order valence-electron chi connectivity index (χ1n) is 8.36. The highest BCUT2D eigenvalue weighted by atomic mass is 127. The summed E-state index contributed by atoms with van der Waals surface area (Å²) in [6, 6.07) is 22.1. The minimum absolute atomic E-state index is 0.280. The summed E-state index contributed by atoms with van der Waals surface area (Å²) in [5.41, 5.74) is 4.58. The van der Waals surface area contributed by atoms with Crippen LogP contribution in [-0.2, 0) is 0 Å². The Morgan fingerprint density at radius 1 is 0.778 bits per heavy atom. The first-order chi connectivity index (χ1) is 13.2. The maximum absolute atomic E-state index is 13.4. The molecule has 0 N–H and O–H groups in total. The monoisotopic (exact) mass is 466 g/mol. The van der Waals surface area contributed by atoms with Gasteiger partial charge in [-0.2, -0.15) is 0 Å². The molecule has 0 aliphatic heterocycles. The molecule has 0 aliphatic carbocycles. The maximum Gasteiger partial charge on any atom is 0.199 e. The summed E-state index contributed by atoms with van der Waals surface area (Å²) in [5.74, 6) is 0.403. The lowest BCUT2D eigenvalue weighted by Crippen LogP contribution is -1.99. The molecular formula is C21H12FIN4. The number of imidazole rings is 1. The Bertz CT molecular complexity index is 1300. The normalized spacial score (nSPS) is 11.3. The Kier molecular flexibility index (Phi) is 3.86. The van der Waals surface area contributed by atoms with Gasteiger partial charge >= 0.3 is 0 Å². The number of hydrogen-bond acceptors (Lipinski definition) is 3. The molecule has 3 aromatic carbocycles. The van der Waals surface area contributed by atoms with Crippen LogP contribution in [-0.4, -0.2) is 19.5 Å². The van der Waals surface area contributed by atoms with Crippen molar-refractivity contribution in [3.63, 3.8) is 0 Å². The Labute approximate surface area is 167 Å². The summed E-state index contributed by atoms with van der Waals surface area (Å²) in [4.78, 5) is 14.2. The van der Waals surface area contributed by atoms with Gasteiger partial charge < -0.3 is 0 Å². The van der Waals surface area contributed by atoms with E-state index in [0.29, 0.717) is 17.1 Å². The van der Waals surface area contributed by atoms with Gasteiger partial charge in [-0.3, -0.25) is 4.57 Å². The van der Waals surface area contributed by atoms with Crippen LogP contribution < -0.4 is 0 Å². The molecule has 0 aliphatic rings. The van der Waals surface area contributed by atoms with Gasteiger partial charge in [0, 0.05) is 9.13 Å². The lowest BCUT2D eigenvalue weighted by Gasteiger charge is -2.09. The number of halogens is 2. The SMILES string of the molecule is Fc1ccc(-c2nc3nc4ccccc4nc3n2-c2cccc(I)c2)cc1. The van der Waals surface area contributed by atoms with Crippen molar-refractivity contribution < 1.29 is 4.39 Å². The predicted octanol–water partition coefficient (Wildman–Crippen LogP) is 5.38. The van der Waals surface area contributed by atoms with Crippen molar-refractivity contribution in [3.8, 4) is 17.1 Å². The molecule has 0 saturated carbocycles. The Morgan fingerprint density at radius 3 is 2.26 bits per heavy atom. The average Bonchev–Trinajstić information content (AvgIpc) is 3.05. The molecule has 6 heteroatoms. The van der Waals surface area contributed by atoms with E-state index in [1.165, 1.54) is 12.1 Å². The highest BCUT2D eigenvalue weighted by Crippen LogP contribution is 2.29. The van der Waals surface area contributed by atoms with Crippen LogP contribution in [0.4, 0.5) is 4.39 Å². The van der Waals surface area contributed by atoms with Crippen LogP contribution in [0.5, 0.6) is 0 Å². The molecule has 130 valence electrons. The molecule has 2 aromatic heterocycles. The number of fused-ring (bicyclic) bond motifs is 2. The summed E-state index contributed by atoms with van der Waals surface area (Å²) in [5, 5.41) is 0. The fourth-order valence-corrected chi connectivity index (χ4v) is 3.64. The van der Waals surface area contributed by atoms with Crippen molar-refractivity contribution in [2.75, 3.05) is 0 Å². The van der Waals surface area contributed by atoms with Crippen molar-refractivity contribution >= 4 is 44.9 Å². The maximum atomic E-state index is 13.4. The second kappa shape index (κ2) is 6.38. The largest absolute Gasteiger partial charge is 0.275 e. The van der Waals surface area contributed by atoms with Crippen LogP contribution in [0.2, 0.25) is 0 Å². The van der Waals surface area contributed by atoms with Crippen molar-refractivity contribution in [2.24, 2.45) is 0 Å².